The molecule has 0 saturated carbocycles. The van der Waals surface area contributed by atoms with Gasteiger partial charge in [-0.1, -0.05) is 25.1 Å². The quantitative estimate of drug-likeness (QED) is 0.939. The van der Waals surface area contributed by atoms with Gasteiger partial charge in [-0.25, -0.2) is 4.39 Å². The van der Waals surface area contributed by atoms with Crippen molar-refractivity contribution in [1.82, 2.24) is 4.98 Å². The van der Waals surface area contributed by atoms with Crippen molar-refractivity contribution < 1.29 is 4.39 Å². The van der Waals surface area contributed by atoms with Crippen molar-refractivity contribution in [3.63, 3.8) is 0 Å². The van der Waals surface area contributed by atoms with Crippen LogP contribution in [-0.4, -0.2) is 18.1 Å². The van der Waals surface area contributed by atoms with Crippen LogP contribution in [-0.2, 0) is 6.42 Å². The molecule has 1 aromatic heterocycles. The molecule has 3 nitrogen and oxygen atoms in total. The molecule has 0 radical (unpaired) electrons. The maximum absolute atomic E-state index is 12.9. The Morgan fingerprint density at radius 3 is 2.86 bits per heavy atom. The van der Waals surface area contributed by atoms with E-state index in [9.17, 15) is 4.39 Å². The third-order valence-corrected chi connectivity index (χ3v) is 4.20. The van der Waals surface area contributed by atoms with Gasteiger partial charge in [-0.15, -0.1) is 0 Å². The highest BCUT2D eigenvalue weighted by Crippen LogP contribution is 2.29. The van der Waals surface area contributed by atoms with Gasteiger partial charge in [0, 0.05) is 18.8 Å². The summed E-state index contributed by atoms with van der Waals surface area (Å²) in [5.41, 5.74) is 9.73. The van der Waals surface area contributed by atoms with Crippen molar-refractivity contribution in [2.45, 2.75) is 19.4 Å². The second-order valence-electron chi connectivity index (χ2n) is 5.73. The van der Waals surface area contributed by atoms with Crippen LogP contribution in [0.1, 0.15) is 24.2 Å². The van der Waals surface area contributed by atoms with E-state index >= 15 is 0 Å². The van der Waals surface area contributed by atoms with Crippen molar-refractivity contribution in [1.29, 1.82) is 0 Å². The van der Waals surface area contributed by atoms with E-state index in [0.717, 1.165) is 25.2 Å². The zero-order valence-electron chi connectivity index (χ0n) is 12.2. The van der Waals surface area contributed by atoms with Crippen molar-refractivity contribution in [2.24, 2.45) is 11.7 Å². The van der Waals surface area contributed by atoms with Crippen molar-refractivity contribution in [2.75, 3.05) is 18.0 Å². The van der Waals surface area contributed by atoms with E-state index in [1.165, 1.54) is 23.5 Å². The maximum Gasteiger partial charge on any atom is 0.141 e. The standard InChI is InChI=1S/C17H20FN3/c1-12(17(19)15-7-6-14(18)10-20-15)11-21-9-8-13-4-2-3-5-16(13)21/h2-7,10,12,17H,8-9,11,19H2,1H3. The van der Waals surface area contributed by atoms with Gasteiger partial charge in [-0.3, -0.25) is 4.98 Å². The molecule has 0 bridgehead atoms. The van der Waals surface area contributed by atoms with E-state index in [2.05, 4.69) is 41.1 Å². The monoisotopic (exact) mass is 285 g/mol. The van der Waals surface area contributed by atoms with Crippen LogP contribution in [0, 0.1) is 11.7 Å². The molecule has 2 heterocycles. The molecule has 0 saturated heterocycles. The second-order valence-corrected chi connectivity index (χ2v) is 5.73. The van der Waals surface area contributed by atoms with E-state index < -0.39 is 0 Å². The molecule has 21 heavy (non-hydrogen) atoms. The lowest BCUT2D eigenvalue weighted by molar-refractivity contribution is 0.457. The van der Waals surface area contributed by atoms with Crippen LogP contribution in [0.4, 0.5) is 10.1 Å². The van der Waals surface area contributed by atoms with Gasteiger partial charge in [-0.2, -0.15) is 0 Å². The summed E-state index contributed by atoms with van der Waals surface area (Å²) in [6, 6.07) is 11.4. The third-order valence-electron chi connectivity index (χ3n) is 4.20. The minimum Gasteiger partial charge on any atom is -0.371 e. The number of fused-ring (bicyclic) bond motifs is 1. The predicted octanol–water partition coefficient (Wildman–Crippen LogP) is 2.92. The van der Waals surface area contributed by atoms with Crippen LogP contribution < -0.4 is 10.6 Å². The SMILES string of the molecule is CC(CN1CCc2ccccc21)C(N)c1ccc(F)cn1. The van der Waals surface area contributed by atoms with Gasteiger partial charge in [-0.05, 0) is 36.1 Å². The summed E-state index contributed by atoms with van der Waals surface area (Å²) in [6.07, 6.45) is 2.32. The number of hydrogen-bond acceptors (Lipinski definition) is 3. The lowest BCUT2D eigenvalue weighted by Gasteiger charge is -2.27. The Bertz CT molecular complexity index is 612. The first kappa shape index (κ1) is 14.0. The molecule has 110 valence electrons. The number of pyridine rings is 1. The Morgan fingerprint density at radius 2 is 2.10 bits per heavy atom. The summed E-state index contributed by atoms with van der Waals surface area (Å²) in [5, 5.41) is 0. The summed E-state index contributed by atoms with van der Waals surface area (Å²) in [5.74, 6) is -0.0822. The Labute approximate surface area is 124 Å². The van der Waals surface area contributed by atoms with Crippen LogP contribution in [0.3, 0.4) is 0 Å². The van der Waals surface area contributed by atoms with E-state index in [1.807, 2.05) is 0 Å². The minimum atomic E-state index is -0.327. The number of benzene rings is 1. The fraction of sp³-hybridized carbons (Fsp3) is 0.353. The number of rotatable bonds is 4. The Balaban J connectivity index is 1.69. The normalized spacial score (nSPS) is 16.6. The second kappa shape index (κ2) is 5.82. The molecular formula is C17H20FN3. The Hall–Kier alpha value is -1.94. The number of halogens is 1. The molecule has 2 N–H and O–H groups in total. The van der Waals surface area contributed by atoms with Gasteiger partial charge >= 0.3 is 0 Å². The first-order chi connectivity index (χ1) is 10.1. The van der Waals surface area contributed by atoms with E-state index in [-0.39, 0.29) is 17.8 Å². The molecule has 1 aliphatic heterocycles. The van der Waals surface area contributed by atoms with Gasteiger partial charge in [0.2, 0.25) is 0 Å². The van der Waals surface area contributed by atoms with Crippen LogP contribution >= 0.6 is 0 Å². The average molecular weight is 285 g/mol. The number of nitrogens with zero attached hydrogens (tertiary/aromatic N) is 2. The number of nitrogens with two attached hydrogens (primary N) is 1. The molecule has 0 spiro atoms. The van der Waals surface area contributed by atoms with Crippen molar-refractivity contribution in [3.8, 4) is 0 Å². The zero-order chi connectivity index (χ0) is 14.8. The molecule has 2 atom stereocenters. The number of anilines is 1. The number of aromatic nitrogens is 1. The van der Waals surface area contributed by atoms with Gasteiger partial charge < -0.3 is 10.6 Å². The lowest BCUT2D eigenvalue weighted by atomic mass is 9.98. The predicted molar refractivity (Wildman–Crippen MR) is 82.6 cm³/mol. The summed E-state index contributed by atoms with van der Waals surface area (Å²) < 4.78 is 12.9. The van der Waals surface area contributed by atoms with Crippen LogP contribution in [0.25, 0.3) is 0 Å². The van der Waals surface area contributed by atoms with Crippen LogP contribution in [0.5, 0.6) is 0 Å². The molecule has 0 amide bonds. The zero-order valence-corrected chi connectivity index (χ0v) is 12.2. The minimum absolute atomic E-state index is 0.182. The van der Waals surface area contributed by atoms with Crippen LogP contribution in [0.15, 0.2) is 42.6 Å². The van der Waals surface area contributed by atoms with Gasteiger partial charge in [0.1, 0.15) is 5.82 Å². The van der Waals surface area contributed by atoms with Crippen molar-refractivity contribution in [3.05, 3.63) is 59.7 Å². The Kier molecular flexibility index (Phi) is 3.88. The highest BCUT2D eigenvalue weighted by molar-refractivity contribution is 5.57. The molecule has 0 fully saturated rings. The number of hydrogen-bond donors (Lipinski definition) is 1. The van der Waals surface area contributed by atoms with Gasteiger partial charge in [0.15, 0.2) is 0 Å². The fourth-order valence-corrected chi connectivity index (χ4v) is 2.93. The molecule has 1 aromatic carbocycles. The summed E-state index contributed by atoms with van der Waals surface area (Å²) >= 11 is 0. The maximum atomic E-state index is 12.9. The fourth-order valence-electron chi connectivity index (χ4n) is 2.93. The average Bonchev–Trinajstić information content (AvgIpc) is 2.91. The first-order valence-electron chi connectivity index (χ1n) is 7.35. The molecule has 1 aliphatic rings. The molecule has 0 aliphatic carbocycles. The highest BCUT2D eigenvalue weighted by Gasteiger charge is 2.23. The number of para-hydroxylation sites is 1. The smallest absolute Gasteiger partial charge is 0.141 e. The van der Waals surface area contributed by atoms with Crippen LogP contribution in [0.2, 0.25) is 0 Å². The topological polar surface area (TPSA) is 42.1 Å². The summed E-state index contributed by atoms with van der Waals surface area (Å²) in [4.78, 5) is 6.48. The van der Waals surface area contributed by atoms with Gasteiger partial charge in [0.05, 0.1) is 17.9 Å². The van der Waals surface area contributed by atoms with Gasteiger partial charge in [0.25, 0.3) is 0 Å². The largest absolute Gasteiger partial charge is 0.371 e. The lowest BCUT2D eigenvalue weighted by Crippen LogP contribution is -2.32. The summed E-state index contributed by atoms with van der Waals surface area (Å²) in [6.45, 7) is 4.04. The third kappa shape index (κ3) is 2.90. The Morgan fingerprint density at radius 1 is 1.29 bits per heavy atom. The first-order valence-corrected chi connectivity index (χ1v) is 7.35. The van der Waals surface area contributed by atoms with Crippen molar-refractivity contribution >= 4 is 5.69 Å². The van der Waals surface area contributed by atoms with E-state index in [1.54, 1.807) is 6.07 Å². The molecular weight excluding hydrogens is 265 g/mol. The highest BCUT2D eigenvalue weighted by atomic mass is 19.1. The molecule has 2 aromatic rings. The molecule has 4 heteroatoms. The van der Waals surface area contributed by atoms with E-state index in [4.69, 9.17) is 5.73 Å². The van der Waals surface area contributed by atoms with E-state index in [0.29, 0.717) is 0 Å². The summed E-state index contributed by atoms with van der Waals surface area (Å²) in [7, 11) is 0. The molecule has 2 unspecified atom stereocenters. The molecule has 3 rings (SSSR count).